The topological polar surface area (TPSA) is 118 Å². The molecule has 10 nitrogen and oxygen atoms in total. The molecule has 11 heteroatoms. The lowest BCUT2D eigenvalue weighted by molar-refractivity contribution is -0.0528. The number of amides is 1. The van der Waals surface area contributed by atoms with Gasteiger partial charge in [0, 0.05) is 29.9 Å². The number of ether oxygens (including phenoxy) is 2. The molecule has 0 radical (unpaired) electrons. The van der Waals surface area contributed by atoms with Crippen molar-refractivity contribution in [1.82, 2.24) is 30.1 Å². The van der Waals surface area contributed by atoms with Crippen molar-refractivity contribution in [2.45, 2.75) is 68.4 Å². The summed E-state index contributed by atoms with van der Waals surface area (Å²) in [5.41, 5.74) is 2.30. The minimum atomic E-state index is -1.49. The summed E-state index contributed by atoms with van der Waals surface area (Å²) in [5, 5.41) is 17.9. The summed E-state index contributed by atoms with van der Waals surface area (Å²) in [6.45, 7) is -0.00269. The molecule has 0 aromatic carbocycles. The van der Waals surface area contributed by atoms with Crippen LogP contribution in [0.5, 0.6) is 0 Å². The summed E-state index contributed by atoms with van der Waals surface area (Å²) in [4.78, 5) is 16.6. The Labute approximate surface area is 194 Å². The lowest BCUT2D eigenvalue weighted by Gasteiger charge is -2.61. The average molecular weight is 468 g/mol. The lowest BCUT2D eigenvalue weighted by atomic mass is 9.50. The molecular formula is C23H26FN7O3. The van der Waals surface area contributed by atoms with Gasteiger partial charge in [0.15, 0.2) is 23.9 Å². The molecule has 0 spiro atoms. The first-order chi connectivity index (χ1) is 16.6. The average Bonchev–Trinajstić information content (AvgIpc) is 3.43. The molecule has 4 heterocycles. The second-order valence-electron chi connectivity index (χ2n) is 10.2. The van der Waals surface area contributed by atoms with Crippen molar-refractivity contribution in [3.63, 3.8) is 0 Å². The number of alkyl halides is 1. The monoisotopic (exact) mass is 467 g/mol. The fourth-order valence-corrected chi connectivity index (χ4v) is 5.56. The standard InChI is InChI=1S/C23H26FN7O3/c24-19-17(34-22(32)27-23-8-12(9-23)10-23)11-33-20(19)15-7-18(29-28-15)26-21-16-6-14(13-2-1-3-13)30-31(16)5-4-25-21/h4-7,12-13,17,19-20H,1-3,8-11H2,(H,27,32)(H2,25,26,28,29)/t12?,17-,19+,20-,23?/m0/s1. The molecule has 1 saturated heterocycles. The number of fused-ring (bicyclic) bond motifs is 1. The number of rotatable bonds is 6. The van der Waals surface area contributed by atoms with Gasteiger partial charge in [-0.1, -0.05) is 6.42 Å². The molecule has 3 aromatic heterocycles. The quantitative estimate of drug-likeness (QED) is 0.508. The van der Waals surface area contributed by atoms with E-state index in [4.69, 9.17) is 9.47 Å². The molecule has 1 amide bonds. The molecule has 4 saturated carbocycles. The molecule has 2 bridgehead atoms. The van der Waals surface area contributed by atoms with Gasteiger partial charge in [0.1, 0.15) is 11.6 Å². The van der Waals surface area contributed by atoms with Gasteiger partial charge in [-0.2, -0.15) is 10.2 Å². The third kappa shape index (κ3) is 3.24. The van der Waals surface area contributed by atoms with Crippen LogP contribution in [0.4, 0.5) is 20.8 Å². The Morgan fingerprint density at radius 2 is 2.15 bits per heavy atom. The van der Waals surface area contributed by atoms with Gasteiger partial charge in [0.05, 0.1) is 18.0 Å². The summed E-state index contributed by atoms with van der Waals surface area (Å²) in [5.74, 6) is 2.36. The number of nitrogens with zero attached hydrogens (tertiary/aromatic N) is 4. The van der Waals surface area contributed by atoms with Gasteiger partial charge in [0.25, 0.3) is 0 Å². The third-order valence-corrected chi connectivity index (χ3v) is 7.83. The molecule has 178 valence electrons. The Morgan fingerprint density at radius 1 is 1.29 bits per heavy atom. The molecule has 5 aliphatic rings. The molecule has 5 fully saturated rings. The Bertz CT molecular complexity index is 1240. The van der Waals surface area contributed by atoms with Gasteiger partial charge >= 0.3 is 6.09 Å². The maximum Gasteiger partial charge on any atom is 0.408 e. The second-order valence-corrected chi connectivity index (χ2v) is 10.2. The Kier molecular flexibility index (Phi) is 4.39. The Hall–Kier alpha value is -3.21. The molecule has 0 unspecified atom stereocenters. The van der Waals surface area contributed by atoms with Gasteiger partial charge in [0.2, 0.25) is 0 Å². The van der Waals surface area contributed by atoms with Crippen LogP contribution in [0.15, 0.2) is 24.5 Å². The number of hydrogen-bond donors (Lipinski definition) is 3. The van der Waals surface area contributed by atoms with Crippen molar-refractivity contribution in [1.29, 1.82) is 0 Å². The summed E-state index contributed by atoms with van der Waals surface area (Å²) in [6, 6.07) is 3.75. The summed E-state index contributed by atoms with van der Waals surface area (Å²) < 4.78 is 27.8. The zero-order valence-electron chi connectivity index (χ0n) is 18.5. The van der Waals surface area contributed by atoms with Crippen molar-refractivity contribution in [3.8, 4) is 0 Å². The minimum absolute atomic E-state index is 0.00269. The SMILES string of the molecule is O=C(NC12CC(C1)C2)O[C@H]1CO[C@@H](c2cc(Nc3nccn4nc(C5CCC5)cc34)n[nH]2)[C@@H]1F. The smallest absolute Gasteiger partial charge is 0.408 e. The molecule has 3 aromatic rings. The van der Waals surface area contributed by atoms with Crippen LogP contribution in [0.1, 0.15) is 61.9 Å². The largest absolute Gasteiger partial charge is 0.441 e. The lowest BCUT2D eigenvalue weighted by Crippen LogP contribution is -2.68. The van der Waals surface area contributed by atoms with Crippen LogP contribution in [-0.4, -0.2) is 55.3 Å². The van der Waals surface area contributed by atoms with Gasteiger partial charge < -0.3 is 20.1 Å². The van der Waals surface area contributed by atoms with Crippen molar-refractivity contribution >= 4 is 23.2 Å². The Balaban J connectivity index is 1.02. The molecule has 3 atom stereocenters. The molecular weight excluding hydrogens is 441 g/mol. The van der Waals surface area contributed by atoms with Crippen LogP contribution >= 0.6 is 0 Å². The van der Waals surface area contributed by atoms with E-state index < -0.39 is 24.5 Å². The molecule has 1 aliphatic heterocycles. The number of alkyl carbamates (subject to hydrolysis) is 1. The first-order valence-electron chi connectivity index (χ1n) is 12.0. The van der Waals surface area contributed by atoms with Gasteiger partial charge in [-0.05, 0) is 44.1 Å². The third-order valence-electron chi connectivity index (χ3n) is 7.83. The highest BCUT2D eigenvalue weighted by Gasteiger charge is 2.58. The number of nitrogens with one attached hydrogen (secondary N) is 3. The first-order valence-corrected chi connectivity index (χ1v) is 12.0. The normalized spacial score (nSPS) is 32.0. The van der Waals surface area contributed by atoms with E-state index in [-0.39, 0.29) is 12.1 Å². The maximum atomic E-state index is 15.1. The zero-order valence-corrected chi connectivity index (χ0v) is 18.5. The fourth-order valence-electron chi connectivity index (χ4n) is 5.56. The van der Waals surface area contributed by atoms with Gasteiger partial charge in [-0.3, -0.25) is 5.10 Å². The van der Waals surface area contributed by atoms with Crippen LogP contribution in [0.2, 0.25) is 0 Å². The van der Waals surface area contributed by atoms with E-state index in [2.05, 4.69) is 37.0 Å². The first kappa shape index (κ1) is 20.2. The number of halogens is 1. The fraction of sp³-hybridized carbons (Fsp3) is 0.565. The number of aromatic nitrogens is 5. The van der Waals surface area contributed by atoms with Crippen molar-refractivity contribution in [3.05, 3.63) is 35.9 Å². The van der Waals surface area contributed by atoms with Gasteiger partial charge in [-0.25, -0.2) is 18.7 Å². The van der Waals surface area contributed by atoms with Gasteiger partial charge in [-0.15, -0.1) is 0 Å². The number of carbonyl (C=O) groups is 1. The van der Waals surface area contributed by atoms with Crippen molar-refractivity contribution in [2.24, 2.45) is 5.92 Å². The predicted molar refractivity (Wildman–Crippen MR) is 119 cm³/mol. The van der Waals surface area contributed by atoms with Crippen molar-refractivity contribution in [2.75, 3.05) is 11.9 Å². The highest BCUT2D eigenvalue weighted by Crippen LogP contribution is 2.57. The minimum Gasteiger partial charge on any atom is -0.441 e. The van der Waals surface area contributed by atoms with Crippen LogP contribution in [-0.2, 0) is 9.47 Å². The second kappa shape index (κ2) is 7.39. The number of carbonyl (C=O) groups excluding carboxylic acids is 1. The van der Waals surface area contributed by atoms with E-state index in [9.17, 15) is 4.79 Å². The van der Waals surface area contributed by atoms with Crippen molar-refractivity contribution < 1.29 is 18.7 Å². The van der Waals surface area contributed by atoms with E-state index >= 15 is 4.39 Å². The van der Waals surface area contributed by atoms with Crippen LogP contribution in [0, 0.1) is 5.92 Å². The summed E-state index contributed by atoms with van der Waals surface area (Å²) >= 11 is 0. The highest BCUT2D eigenvalue weighted by molar-refractivity contribution is 5.72. The van der Waals surface area contributed by atoms with E-state index in [0.717, 1.165) is 36.4 Å². The van der Waals surface area contributed by atoms with Crippen LogP contribution in [0.25, 0.3) is 5.52 Å². The van der Waals surface area contributed by atoms with Crippen LogP contribution in [0.3, 0.4) is 0 Å². The van der Waals surface area contributed by atoms with E-state index in [1.54, 1.807) is 12.3 Å². The summed E-state index contributed by atoms with van der Waals surface area (Å²) in [7, 11) is 0. The number of H-pyrrole nitrogens is 1. The summed E-state index contributed by atoms with van der Waals surface area (Å²) in [6.07, 6.45) is 6.18. The highest BCUT2D eigenvalue weighted by atomic mass is 19.1. The number of aromatic amines is 1. The predicted octanol–water partition coefficient (Wildman–Crippen LogP) is 3.52. The molecule has 8 rings (SSSR count). The van der Waals surface area contributed by atoms with Crippen LogP contribution < -0.4 is 10.6 Å². The van der Waals surface area contributed by atoms with E-state index in [0.29, 0.717) is 23.2 Å². The zero-order chi connectivity index (χ0) is 22.9. The maximum absolute atomic E-state index is 15.1. The van der Waals surface area contributed by atoms with E-state index in [1.807, 2.05) is 10.7 Å². The van der Waals surface area contributed by atoms with E-state index in [1.165, 1.54) is 19.3 Å². The molecule has 34 heavy (non-hydrogen) atoms. The number of anilines is 2. The molecule has 3 N–H and O–H groups in total. The molecule has 4 aliphatic carbocycles. The Morgan fingerprint density at radius 3 is 2.88 bits per heavy atom. The number of hydrogen-bond acceptors (Lipinski definition) is 7.